The van der Waals surface area contributed by atoms with E-state index in [-0.39, 0.29) is 11.8 Å². The number of aryl methyl sites for hydroxylation is 1. The summed E-state index contributed by atoms with van der Waals surface area (Å²) in [6, 6.07) is 8.51. The molecule has 0 radical (unpaired) electrons. The average molecular weight is 495 g/mol. The highest BCUT2D eigenvalue weighted by atomic mass is 16.5. The van der Waals surface area contributed by atoms with Gasteiger partial charge in [-0.3, -0.25) is 19.5 Å². The largest absolute Gasteiger partial charge is 0.399 e. The maximum absolute atomic E-state index is 13.2. The molecule has 1 aliphatic heterocycles. The summed E-state index contributed by atoms with van der Waals surface area (Å²) in [6.07, 6.45) is 5.28. The zero-order valence-corrected chi connectivity index (χ0v) is 20.9. The van der Waals surface area contributed by atoms with Crippen LogP contribution < -0.4 is 11.1 Å². The standard InChI is InChI=1S/C26H34N6O4/c1-35-13-4-10-32-23-22(29-26(32)30-24(33)19-5-3-6-21(27)15-19)16-20(17-28-23)25(34)31-11-7-18(8-12-31)9-14-36-2/h3,5-6,15-18H,4,7-14,27H2,1-2H3,(H,29,30,33). The quantitative estimate of drug-likeness (QED) is 0.328. The van der Waals surface area contributed by atoms with Crippen LogP contribution in [-0.2, 0) is 16.0 Å². The molecule has 0 atom stereocenters. The maximum atomic E-state index is 13.2. The zero-order valence-electron chi connectivity index (χ0n) is 20.9. The van der Waals surface area contributed by atoms with E-state index in [0.29, 0.717) is 59.4 Å². The van der Waals surface area contributed by atoms with Crippen molar-refractivity contribution < 1.29 is 19.1 Å². The molecule has 1 saturated heterocycles. The van der Waals surface area contributed by atoms with Crippen LogP contribution in [0, 0.1) is 5.92 Å². The molecule has 0 unspecified atom stereocenters. The van der Waals surface area contributed by atoms with Crippen LogP contribution >= 0.6 is 0 Å². The van der Waals surface area contributed by atoms with Gasteiger partial charge in [-0.05, 0) is 55.9 Å². The summed E-state index contributed by atoms with van der Waals surface area (Å²) in [7, 11) is 3.36. The average Bonchev–Trinajstić information content (AvgIpc) is 3.23. The summed E-state index contributed by atoms with van der Waals surface area (Å²) < 4.78 is 12.2. The molecule has 3 heterocycles. The highest BCUT2D eigenvalue weighted by Crippen LogP contribution is 2.24. The van der Waals surface area contributed by atoms with Crippen LogP contribution in [0.15, 0.2) is 36.5 Å². The number of nitrogens with one attached hydrogen (secondary N) is 1. The molecule has 1 fully saturated rings. The number of carbonyl (C=O) groups is 2. The van der Waals surface area contributed by atoms with Crippen molar-refractivity contribution in [1.82, 2.24) is 19.4 Å². The molecule has 10 nitrogen and oxygen atoms in total. The fourth-order valence-electron chi connectivity index (χ4n) is 4.55. The number of likely N-dealkylation sites (tertiary alicyclic amines) is 1. The first-order valence-corrected chi connectivity index (χ1v) is 12.3. The predicted molar refractivity (Wildman–Crippen MR) is 138 cm³/mol. The number of pyridine rings is 1. The second-order valence-electron chi connectivity index (χ2n) is 9.10. The van der Waals surface area contributed by atoms with Gasteiger partial charge >= 0.3 is 0 Å². The van der Waals surface area contributed by atoms with Crippen LogP contribution in [-0.4, -0.2) is 71.8 Å². The lowest BCUT2D eigenvalue weighted by Crippen LogP contribution is -2.38. The number of hydrogen-bond acceptors (Lipinski definition) is 7. The summed E-state index contributed by atoms with van der Waals surface area (Å²) >= 11 is 0. The summed E-state index contributed by atoms with van der Waals surface area (Å²) in [5.74, 6) is 0.584. The van der Waals surface area contributed by atoms with Crippen molar-refractivity contribution in [3.8, 4) is 0 Å². The first kappa shape index (κ1) is 25.6. The summed E-state index contributed by atoms with van der Waals surface area (Å²) in [5, 5.41) is 2.88. The normalized spacial score (nSPS) is 14.3. The molecule has 2 amide bonds. The number of nitrogen functional groups attached to an aromatic ring is 1. The third-order valence-electron chi connectivity index (χ3n) is 6.57. The third-order valence-corrected chi connectivity index (χ3v) is 6.57. The Morgan fingerprint density at radius 1 is 1.11 bits per heavy atom. The van der Waals surface area contributed by atoms with Crippen LogP contribution in [0.3, 0.4) is 0 Å². The molecule has 1 aromatic carbocycles. The SMILES string of the molecule is COCCCn1c(NC(=O)c2cccc(N)c2)nc2cc(C(=O)N3CCC(CCOC)CC3)cnc21. The molecule has 10 heteroatoms. The van der Waals surface area contributed by atoms with Crippen molar-refractivity contribution in [2.24, 2.45) is 5.92 Å². The van der Waals surface area contributed by atoms with Gasteiger partial charge in [-0.1, -0.05) is 6.07 Å². The van der Waals surface area contributed by atoms with Crippen LogP contribution in [0.1, 0.15) is 46.4 Å². The highest BCUT2D eigenvalue weighted by Gasteiger charge is 2.25. The minimum atomic E-state index is -0.321. The number of nitrogens with zero attached hydrogens (tertiary/aromatic N) is 4. The number of hydrogen-bond donors (Lipinski definition) is 2. The van der Waals surface area contributed by atoms with Gasteiger partial charge in [0.2, 0.25) is 5.95 Å². The summed E-state index contributed by atoms with van der Waals surface area (Å²) in [6.45, 7) is 3.30. The fourth-order valence-corrected chi connectivity index (χ4v) is 4.55. The minimum Gasteiger partial charge on any atom is -0.399 e. The van der Waals surface area contributed by atoms with Gasteiger partial charge in [0.25, 0.3) is 11.8 Å². The Morgan fingerprint density at radius 2 is 1.89 bits per heavy atom. The van der Waals surface area contributed by atoms with Gasteiger partial charge < -0.3 is 20.1 Å². The number of methoxy groups -OCH3 is 2. The Hall–Kier alpha value is -3.50. The monoisotopic (exact) mass is 494 g/mol. The number of anilines is 2. The predicted octanol–water partition coefficient (Wildman–Crippen LogP) is 3.19. The second-order valence-corrected chi connectivity index (χ2v) is 9.10. The topological polar surface area (TPSA) is 125 Å². The van der Waals surface area contributed by atoms with Crippen LogP contribution in [0.25, 0.3) is 11.2 Å². The van der Waals surface area contributed by atoms with E-state index in [1.807, 2.05) is 9.47 Å². The molecule has 3 N–H and O–H groups in total. The van der Waals surface area contributed by atoms with Gasteiger partial charge in [-0.2, -0.15) is 0 Å². The number of rotatable bonds is 10. The molecular formula is C26H34N6O4. The molecule has 192 valence electrons. The van der Waals surface area contributed by atoms with Crippen molar-refractivity contribution in [3.63, 3.8) is 0 Å². The highest BCUT2D eigenvalue weighted by molar-refractivity contribution is 6.04. The first-order valence-electron chi connectivity index (χ1n) is 12.3. The van der Waals surface area contributed by atoms with E-state index < -0.39 is 0 Å². The number of piperidine rings is 1. The van der Waals surface area contributed by atoms with Crippen molar-refractivity contribution in [1.29, 1.82) is 0 Å². The Balaban J connectivity index is 1.54. The van der Waals surface area contributed by atoms with Crippen molar-refractivity contribution >= 4 is 34.6 Å². The number of aromatic nitrogens is 3. The molecule has 0 bridgehead atoms. The maximum Gasteiger partial charge on any atom is 0.258 e. The van der Waals surface area contributed by atoms with Crippen molar-refractivity contribution in [3.05, 3.63) is 47.7 Å². The number of benzene rings is 1. The molecular weight excluding hydrogens is 460 g/mol. The Bertz CT molecular complexity index is 1200. The number of carbonyl (C=O) groups excluding carboxylic acids is 2. The number of nitrogens with two attached hydrogens (primary N) is 1. The molecule has 1 aliphatic rings. The molecule has 0 saturated carbocycles. The molecule has 3 aromatic rings. The third kappa shape index (κ3) is 6.00. The van der Waals surface area contributed by atoms with Gasteiger partial charge in [0, 0.05) is 64.5 Å². The lowest BCUT2D eigenvalue weighted by Gasteiger charge is -2.32. The molecule has 4 rings (SSSR count). The van der Waals surface area contributed by atoms with E-state index in [1.54, 1.807) is 50.7 Å². The second kappa shape index (κ2) is 12.0. The smallest absolute Gasteiger partial charge is 0.258 e. The van der Waals surface area contributed by atoms with E-state index in [2.05, 4.69) is 15.3 Å². The zero-order chi connectivity index (χ0) is 25.5. The first-order chi connectivity index (χ1) is 17.5. The number of amides is 2. The van der Waals surface area contributed by atoms with Gasteiger partial charge in [0.1, 0.15) is 5.52 Å². The minimum absolute atomic E-state index is 0.0473. The van der Waals surface area contributed by atoms with Gasteiger partial charge in [-0.15, -0.1) is 0 Å². The van der Waals surface area contributed by atoms with Gasteiger partial charge in [0.15, 0.2) is 5.65 Å². The van der Waals surface area contributed by atoms with E-state index >= 15 is 0 Å². The Morgan fingerprint density at radius 3 is 2.61 bits per heavy atom. The number of imidazole rings is 1. The van der Waals surface area contributed by atoms with Gasteiger partial charge in [0.05, 0.1) is 5.56 Å². The molecule has 0 aliphatic carbocycles. The number of ether oxygens (including phenoxy) is 2. The van der Waals surface area contributed by atoms with Crippen LogP contribution in [0.5, 0.6) is 0 Å². The fraction of sp³-hybridized carbons (Fsp3) is 0.462. The van der Waals surface area contributed by atoms with Gasteiger partial charge in [-0.25, -0.2) is 9.97 Å². The Labute approximate surface area is 210 Å². The van der Waals surface area contributed by atoms with E-state index in [0.717, 1.165) is 39.0 Å². The van der Waals surface area contributed by atoms with Crippen LogP contribution in [0.2, 0.25) is 0 Å². The Kier molecular flexibility index (Phi) is 8.50. The lowest BCUT2D eigenvalue weighted by molar-refractivity contribution is 0.0669. The van der Waals surface area contributed by atoms with E-state index in [9.17, 15) is 9.59 Å². The number of fused-ring (bicyclic) bond motifs is 1. The molecule has 0 spiro atoms. The van der Waals surface area contributed by atoms with Crippen molar-refractivity contribution in [2.45, 2.75) is 32.2 Å². The van der Waals surface area contributed by atoms with E-state index in [1.165, 1.54) is 0 Å². The molecule has 36 heavy (non-hydrogen) atoms. The summed E-state index contributed by atoms with van der Waals surface area (Å²) in [5.41, 5.74) is 8.41. The summed E-state index contributed by atoms with van der Waals surface area (Å²) in [4.78, 5) is 37.1. The molecule has 2 aromatic heterocycles. The lowest BCUT2D eigenvalue weighted by atomic mass is 9.93. The van der Waals surface area contributed by atoms with E-state index in [4.69, 9.17) is 15.2 Å². The van der Waals surface area contributed by atoms with Crippen molar-refractivity contribution in [2.75, 3.05) is 51.6 Å². The van der Waals surface area contributed by atoms with Crippen LogP contribution in [0.4, 0.5) is 11.6 Å².